The van der Waals surface area contributed by atoms with Crippen LogP contribution in [0.1, 0.15) is 75.5 Å². The first-order valence-electron chi connectivity index (χ1n) is 8.48. The van der Waals surface area contributed by atoms with Crippen LogP contribution in [0.4, 0.5) is 0 Å². The maximum Gasteiger partial charge on any atom is 0.226 e. The number of H-pyrrole nitrogens is 1. The Kier molecular flexibility index (Phi) is 4.47. The summed E-state index contributed by atoms with van der Waals surface area (Å²) >= 11 is 0. The molecule has 0 radical (unpaired) electrons. The van der Waals surface area contributed by atoms with E-state index in [0.29, 0.717) is 5.82 Å². The molecular formula is C16H26N4O2. The number of hydrogen-bond donors (Lipinski definition) is 2. The van der Waals surface area contributed by atoms with Gasteiger partial charge in [-0.05, 0) is 39.0 Å². The van der Waals surface area contributed by atoms with Crippen LogP contribution >= 0.6 is 0 Å². The number of aromatic amines is 1. The number of hydrogen-bond acceptors (Lipinski definition) is 4. The lowest BCUT2D eigenvalue weighted by molar-refractivity contribution is -0.141. The van der Waals surface area contributed by atoms with E-state index < -0.39 is 5.60 Å². The van der Waals surface area contributed by atoms with Crippen LogP contribution < -0.4 is 0 Å². The Morgan fingerprint density at radius 2 is 2.09 bits per heavy atom. The highest BCUT2D eigenvalue weighted by molar-refractivity contribution is 5.77. The molecule has 1 aromatic rings. The van der Waals surface area contributed by atoms with Crippen molar-refractivity contribution in [2.45, 2.75) is 76.4 Å². The lowest BCUT2D eigenvalue weighted by Gasteiger charge is -2.38. The largest absolute Gasteiger partial charge is 0.389 e. The van der Waals surface area contributed by atoms with E-state index in [1.165, 1.54) is 6.42 Å². The number of amides is 1. The van der Waals surface area contributed by atoms with E-state index in [0.717, 1.165) is 57.3 Å². The number of carbonyl (C=O) groups excluding carboxylic acids is 1. The molecule has 1 aromatic heterocycles. The van der Waals surface area contributed by atoms with Crippen LogP contribution in [0.3, 0.4) is 0 Å². The minimum atomic E-state index is -0.799. The number of nitrogens with zero attached hydrogens (tertiary/aromatic N) is 3. The SMILES string of the molecule is Cc1nc(C2CCCCN2C(=O)CC2(O)CCCCC2)n[nH]1. The second-order valence-corrected chi connectivity index (χ2v) is 6.84. The zero-order valence-electron chi connectivity index (χ0n) is 13.3. The van der Waals surface area contributed by atoms with E-state index in [2.05, 4.69) is 15.2 Å². The maximum absolute atomic E-state index is 12.8. The molecule has 1 amide bonds. The molecule has 22 heavy (non-hydrogen) atoms. The van der Waals surface area contributed by atoms with Crippen molar-refractivity contribution in [1.29, 1.82) is 0 Å². The summed E-state index contributed by atoms with van der Waals surface area (Å²) in [6.07, 6.45) is 7.96. The van der Waals surface area contributed by atoms with Crippen LogP contribution in [-0.4, -0.2) is 43.2 Å². The summed E-state index contributed by atoms with van der Waals surface area (Å²) in [5.41, 5.74) is -0.799. The predicted molar refractivity (Wildman–Crippen MR) is 82.1 cm³/mol. The summed E-state index contributed by atoms with van der Waals surface area (Å²) in [6.45, 7) is 2.61. The molecule has 0 spiro atoms. The first-order chi connectivity index (χ1) is 10.6. The molecule has 6 heteroatoms. The number of carbonyl (C=O) groups is 1. The first-order valence-corrected chi connectivity index (χ1v) is 8.48. The predicted octanol–water partition coefficient (Wildman–Crippen LogP) is 2.25. The van der Waals surface area contributed by atoms with Crippen molar-refractivity contribution < 1.29 is 9.90 Å². The van der Waals surface area contributed by atoms with Gasteiger partial charge in [0, 0.05) is 6.54 Å². The van der Waals surface area contributed by atoms with Gasteiger partial charge in [-0.2, -0.15) is 5.10 Å². The number of nitrogens with one attached hydrogen (secondary N) is 1. The molecule has 6 nitrogen and oxygen atoms in total. The van der Waals surface area contributed by atoms with E-state index in [9.17, 15) is 9.90 Å². The molecule has 1 atom stereocenters. The maximum atomic E-state index is 12.8. The van der Waals surface area contributed by atoms with Gasteiger partial charge in [0.1, 0.15) is 5.82 Å². The van der Waals surface area contributed by atoms with Crippen LogP contribution in [0.25, 0.3) is 0 Å². The van der Waals surface area contributed by atoms with Gasteiger partial charge in [-0.1, -0.05) is 19.3 Å². The van der Waals surface area contributed by atoms with Crippen molar-refractivity contribution in [2.24, 2.45) is 0 Å². The molecule has 2 fully saturated rings. The summed E-state index contributed by atoms with van der Waals surface area (Å²) in [4.78, 5) is 19.1. The Labute approximate surface area is 131 Å². The van der Waals surface area contributed by atoms with Gasteiger partial charge >= 0.3 is 0 Å². The highest BCUT2D eigenvalue weighted by Gasteiger charge is 2.37. The third kappa shape index (κ3) is 3.32. The summed E-state index contributed by atoms with van der Waals surface area (Å²) in [5, 5.41) is 17.8. The summed E-state index contributed by atoms with van der Waals surface area (Å²) < 4.78 is 0. The molecular weight excluding hydrogens is 280 g/mol. The number of piperidine rings is 1. The number of aromatic nitrogens is 3. The smallest absolute Gasteiger partial charge is 0.226 e. The highest BCUT2D eigenvalue weighted by Crippen LogP contribution is 2.34. The lowest BCUT2D eigenvalue weighted by atomic mass is 9.82. The molecule has 1 unspecified atom stereocenters. The summed E-state index contributed by atoms with van der Waals surface area (Å²) in [7, 11) is 0. The van der Waals surface area contributed by atoms with Gasteiger partial charge in [0.15, 0.2) is 5.82 Å². The molecule has 0 aromatic carbocycles. The normalized spacial score (nSPS) is 25.2. The standard InChI is InChI=1S/C16H26N4O2/c1-12-17-15(19-18-12)13-7-3-6-10-20(13)14(21)11-16(22)8-4-2-5-9-16/h13,22H,2-11H2,1H3,(H,17,18,19). The zero-order chi connectivity index (χ0) is 15.6. The van der Waals surface area contributed by atoms with Gasteiger partial charge in [0.25, 0.3) is 0 Å². The summed E-state index contributed by atoms with van der Waals surface area (Å²) in [5.74, 6) is 1.54. The second-order valence-electron chi connectivity index (χ2n) is 6.84. The van der Waals surface area contributed by atoms with Crippen molar-refractivity contribution in [2.75, 3.05) is 6.54 Å². The number of aryl methyl sites for hydroxylation is 1. The molecule has 1 saturated carbocycles. The first kappa shape index (κ1) is 15.5. The van der Waals surface area contributed by atoms with Gasteiger partial charge in [-0.3, -0.25) is 9.89 Å². The molecule has 1 aliphatic heterocycles. The van der Waals surface area contributed by atoms with Crippen molar-refractivity contribution >= 4 is 5.91 Å². The fraction of sp³-hybridized carbons (Fsp3) is 0.812. The fourth-order valence-electron chi connectivity index (χ4n) is 3.78. The van der Waals surface area contributed by atoms with Crippen LogP contribution in [0.5, 0.6) is 0 Å². The minimum Gasteiger partial charge on any atom is -0.389 e. The third-order valence-corrected chi connectivity index (χ3v) is 5.00. The Morgan fingerprint density at radius 3 is 2.77 bits per heavy atom. The molecule has 1 aliphatic carbocycles. The Bertz CT molecular complexity index is 522. The van der Waals surface area contributed by atoms with Crippen molar-refractivity contribution in [1.82, 2.24) is 20.1 Å². The zero-order valence-corrected chi connectivity index (χ0v) is 13.3. The third-order valence-electron chi connectivity index (χ3n) is 5.00. The monoisotopic (exact) mass is 306 g/mol. The molecule has 122 valence electrons. The molecule has 3 rings (SSSR count). The Balaban J connectivity index is 1.71. The van der Waals surface area contributed by atoms with Crippen LogP contribution in [-0.2, 0) is 4.79 Å². The van der Waals surface area contributed by atoms with Crippen LogP contribution in [0.15, 0.2) is 0 Å². The van der Waals surface area contributed by atoms with Gasteiger partial charge in [-0.15, -0.1) is 0 Å². The summed E-state index contributed by atoms with van der Waals surface area (Å²) in [6, 6.07) is -0.0432. The Hall–Kier alpha value is -1.43. The Morgan fingerprint density at radius 1 is 1.32 bits per heavy atom. The van der Waals surface area contributed by atoms with E-state index >= 15 is 0 Å². The van der Waals surface area contributed by atoms with Crippen molar-refractivity contribution in [3.8, 4) is 0 Å². The van der Waals surface area contributed by atoms with Gasteiger partial charge < -0.3 is 10.0 Å². The molecule has 2 N–H and O–H groups in total. The fourth-order valence-corrected chi connectivity index (χ4v) is 3.78. The second kappa shape index (κ2) is 6.36. The molecule has 2 heterocycles. The molecule has 1 saturated heterocycles. The number of aliphatic hydroxyl groups is 1. The van der Waals surface area contributed by atoms with E-state index in [1.807, 2.05) is 11.8 Å². The molecule has 0 bridgehead atoms. The number of rotatable bonds is 3. The topological polar surface area (TPSA) is 82.1 Å². The average Bonchev–Trinajstić information content (AvgIpc) is 2.94. The van der Waals surface area contributed by atoms with Gasteiger partial charge in [0.05, 0.1) is 18.1 Å². The minimum absolute atomic E-state index is 0.0432. The van der Waals surface area contributed by atoms with Crippen LogP contribution in [0, 0.1) is 6.92 Å². The van der Waals surface area contributed by atoms with E-state index in [1.54, 1.807) is 0 Å². The lowest BCUT2D eigenvalue weighted by Crippen LogP contribution is -2.44. The average molecular weight is 306 g/mol. The quantitative estimate of drug-likeness (QED) is 0.897. The van der Waals surface area contributed by atoms with Gasteiger partial charge in [-0.25, -0.2) is 4.98 Å². The highest BCUT2D eigenvalue weighted by atomic mass is 16.3. The van der Waals surface area contributed by atoms with Gasteiger partial charge in [0.2, 0.25) is 5.91 Å². The van der Waals surface area contributed by atoms with Crippen LogP contribution in [0.2, 0.25) is 0 Å². The molecule has 2 aliphatic rings. The van der Waals surface area contributed by atoms with E-state index in [-0.39, 0.29) is 18.4 Å². The van der Waals surface area contributed by atoms with Crippen molar-refractivity contribution in [3.05, 3.63) is 11.6 Å². The van der Waals surface area contributed by atoms with E-state index in [4.69, 9.17) is 0 Å². The van der Waals surface area contributed by atoms with Crippen molar-refractivity contribution in [3.63, 3.8) is 0 Å². The number of likely N-dealkylation sites (tertiary alicyclic amines) is 1.